The number of para-hydroxylation sites is 1. The predicted molar refractivity (Wildman–Crippen MR) is 93.8 cm³/mol. The van der Waals surface area contributed by atoms with Gasteiger partial charge in [0.15, 0.2) is 0 Å². The monoisotopic (exact) mass is 335 g/mol. The van der Waals surface area contributed by atoms with Gasteiger partial charge in [-0.3, -0.25) is 4.98 Å². The Morgan fingerprint density at radius 3 is 2.75 bits per heavy atom. The highest BCUT2D eigenvalue weighted by Crippen LogP contribution is 2.23. The number of benzene rings is 1. The van der Waals surface area contributed by atoms with Crippen LogP contribution >= 0.6 is 11.3 Å². The number of hydrogen-bond donors (Lipinski definition) is 0. The van der Waals surface area contributed by atoms with Crippen molar-refractivity contribution in [2.45, 2.75) is 0 Å². The molecule has 0 aliphatic carbocycles. The quantitative estimate of drug-likeness (QED) is 0.572. The summed E-state index contributed by atoms with van der Waals surface area (Å²) in [6.07, 6.45) is 5.65. The molecule has 3 heterocycles. The van der Waals surface area contributed by atoms with Crippen LogP contribution in [0.25, 0.3) is 28.6 Å². The van der Waals surface area contributed by atoms with Gasteiger partial charge < -0.3 is 4.74 Å². The molecule has 0 bridgehead atoms. The van der Waals surface area contributed by atoms with Gasteiger partial charge in [0.05, 0.1) is 7.11 Å². The number of ether oxygens (including phenoxy) is 1. The Balaban J connectivity index is 1.69. The van der Waals surface area contributed by atoms with Crippen LogP contribution in [0.15, 0.2) is 48.7 Å². The molecule has 4 aromatic rings. The fourth-order valence-corrected chi connectivity index (χ4v) is 3.06. The highest BCUT2D eigenvalue weighted by molar-refractivity contribution is 7.17. The summed E-state index contributed by atoms with van der Waals surface area (Å²) in [6, 6.07) is 13.5. The van der Waals surface area contributed by atoms with Crippen molar-refractivity contribution in [2.75, 3.05) is 7.11 Å². The summed E-state index contributed by atoms with van der Waals surface area (Å²) in [5.41, 5.74) is 1.74. The normalized spacial score (nSPS) is 11.4. The molecule has 24 heavy (non-hydrogen) atoms. The molecule has 0 saturated carbocycles. The van der Waals surface area contributed by atoms with Gasteiger partial charge in [-0.15, -0.1) is 10.2 Å². The largest absolute Gasteiger partial charge is 0.496 e. The molecule has 0 spiro atoms. The number of hydrogen-bond acceptors (Lipinski definition) is 6. The molecule has 0 aliphatic rings. The third-order valence-corrected chi connectivity index (χ3v) is 4.31. The van der Waals surface area contributed by atoms with Crippen LogP contribution < -0.4 is 4.74 Å². The van der Waals surface area contributed by atoms with E-state index < -0.39 is 0 Å². The third-order valence-electron chi connectivity index (χ3n) is 3.44. The first-order chi connectivity index (χ1) is 11.8. The van der Waals surface area contributed by atoms with Crippen molar-refractivity contribution in [1.82, 2.24) is 24.8 Å². The van der Waals surface area contributed by atoms with E-state index in [4.69, 9.17) is 4.74 Å². The molecule has 0 atom stereocenters. The fraction of sp³-hybridized carbons (Fsp3) is 0.0588. The maximum absolute atomic E-state index is 5.35. The average Bonchev–Trinajstić information content (AvgIpc) is 3.21. The Bertz CT molecular complexity index is 1010. The van der Waals surface area contributed by atoms with Crippen LogP contribution in [-0.4, -0.2) is 31.9 Å². The van der Waals surface area contributed by atoms with Crippen molar-refractivity contribution in [3.8, 4) is 17.3 Å². The molecular weight excluding hydrogens is 322 g/mol. The minimum Gasteiger partial charge on any atom is -0.496 e. The second-order valence-corrected chi connectivity index (χ2v) is 5.94. The number of rotatable bonds is 4. The van der Waals surface area contributed by atoms with E-state index in [9.17, 15) is 0 Å². The van der Waals surface area contributed by atoms with Crippen molar-refractivity contribution in [1.29, 1.82) is 0 Å². The van der Waals surface area contributed by atoms with Crippen LogP contribution in [0.4, 0.5) is 0 Å². The third kappa shape index (κ3) is 2.65. The number of pyridine rings is 1. The van der Waals surface area contributed by atoms with Crippen molar-refractivity contribution >= 4 is 28.4 Å². The van der Waals surface area contributed by atoms with Gasteiger partial charge in [0, 0.05) is 11.8 Å². The average molecular weight is 335 g/mol. The summed E-state index contributed by atoms with van der Waals surface area (Å²) in [5.74, 6) is 1.46. The van der Waals surface area contributed by atoms with Crippen molar-refractivity contribution in [3.63, 3.8) is 0 Å². The molecule has 3 aromatic heterocycles. The van der Waals surface area contributed by atoms with Crippen LogP contribution in [0.3, 0.4) is 0 Å². The molecular formula is C17H13N5OS. The number of aromatic nitrogens is 5. The van der Waals surface area contributed by atoms with Crippen molar-refractivity contribution in [3.05, 3.63) is 59.2 Å². The first-order valence-electron chi connectivity index (χ1n) is 7.30. The Morgan fingerprint density at radius 2 is 1.92 bits per heavy atom. The molecule has 4 rings (SSSR count). The molecule has 7 heteroatoms. The van der Waals surface area contributed by atoms with Gasteiger partial charge in [-0.2, -0.15) is 9.61 Å². The zero-order valence-electron chi connectivity index (χ0n) is 12.8. The molecule has 0 fully saturated rings. The van der Waals surface area contributed by atoms with E-state index in [1.165, 1.54) is 11.3 Å². The van der Waals surface area contributed by atoms with E-state index in [2.05, 4.69) is 20.3 Å². The summed E-state index contributed by atoms with van der Waals surface area (Å²) >= 11 is 1.47. The maximum Gasteiger partial charge on any atom is 0.235 e. The van der Waals surface area contributed by atoms with Crippen LogP contribution in [0.5, 0.6) is 5.75 Å². The fourth-order valence-electron chi connectivity index (χ4n) is 2.32. The van der Waals surface area contributed by atoms with Crippen LogP contribution in [0.2, 0.25) is 0 Å². The topological polar surface area (TPSA) is 65.2 Å². The lowest BCUT2D eigenvalue weighted by molar-refractivity contribution is 0.414. The summed E-state index contributed by atoms with van der Waals surface area (Å²) in [4.78, 5) is 5.04. The Kier molecular flexibility index (Phi) is 3.76. The maximum atomic E-state index is 5.35. The highest BCUT2D eigenvalue weighted by Gasteiger charge is 2.12. The molecule has 0 amide bonds. The van der Waals surface area contributed by atoms with Gasteiger partial charge in [0.1, 0.15) is 16.5 Å². The molecule has 0 saturated heterocycles. The second-order valence-electron chi connectivity index (χ2n) is 4.95. The molecule has 0 aliphatic heterocycles. The lowest BCUT2D eigenvalue weighted by Gasteiger charge is -2.02. The first-order valence-corrected chi connectivity index (χ1v) is 8.11. The van der Waals surface area contributed by atoms with Gasteiger partial charge in [0.25, 0.3) is 0 Å². The molecule has 0 N–H and O–H groups in total. The zero-order chi connectivity index (χ0) is 16.4. The van der Waals surface area contributed by atoms with Crippen molar-refractivity contribution < 1.29 is 4.74 Å². The van der Waals surface area contributed by atoms with Gasteiger partial charge in [-0.25, -0.2) is 0 Å². The number of fused-ring (bicyclic) bond motifs is 1. The number of methoxy groups -OCH3 is 1. The van der Waals surface area contributed by atoms with E-state index in [0.717, 1.165) is 27.0 Å². The lowest BCUT2D eigenvalue weighted by Crippen LogP contribution is -1.92. The van der Waals surface area contributed by atoms with E-state index in [1.54, 1.807) is 17.8 Å². The van der Waals surface area contributed by atoms with E-state index >= 15 is 0 Å². The Hall–Kier alpha value is -3.06. The predicted octanol–water partition coefficient (Wildman–Crippen LogP) is 3.43. The van der Waals surface area contributed by atoms with Crippen LogP contribution in [0.1, 0.15) is 10.6 Å². The summed E-state index contributed by atoms with van der Waals surface area (Å²) in [6.45, 7) is 0. The lowest BCUT2D eigenvalue weighted by atomic mass is 10.2. The van der Waals surface area contributed by atoms with E-state index in [0.29, 0.717) is 5.82 Å². The smallest absolute Gasteiger partial charge is 0.235 e. The zero-order valence-corrected chi connectivity index (χ0v) is 13.6. The van der Waals surface area contributed by atoms with Crippen molar-refractivity contribution in [2.24, 2.45) is 0 Å². The summed E-state index contributed by atoms with van der Waals surface area (Å²) in [5, 5.41) is 13.7. The second kappa shape index (κ2) is 6.21. The van der Waals surface area contributed by atoms with E-state index in [-0.39, 0.29) is 0 Å². The van der Waals surface area contributed by atoms with Gasteiger partial charge in [-0.05, 0) is 30.4 Å². The van der Waals surface area contributed by atoms with Crippen LogP contribution in [-0.2, 0) is 0 Å². The first kappa shape index (κ1) is 14.5. The minimum atomic E-state index is 0.638. The summed E-state index contributed by atoms with van der Waals surface area (Å²) in [7, 11) is 1.66. The van der Waals surface area contributed by atoms with Crippen LogP contribution in [0, 0.1) is 0 Å². The standard InChI is InChI=1S/C17H13N5OS/c1-23-14-8-3-2-6-12(14)9-10-15-21-22-16(19-20-17(22)24-15)13-7-4-5-11-18-13/h2-11H,1H3. The number of nitrogens with zero attached hydrogens (tertiary/aromatic N) is 5. The van der Waals surface area contributed by atoms with Gasteiger partial charge in [-0.1, -0.05) is 35.6 Å². The SMILES string of the molecule is COc1ccccc1C=Cc1nn2c(-c3ccccn3)nnc2s1. The van der Waals surface area contributed by atoms with Gasteiger partial charge >= 0.3 is 0 Å². The molecule has 0 radical (unpaired) electrons. The minimum absolute atomic E-state index is 0.638. The highest BCUT2D eigenvalue weighted by atomic mass is 32.1. The Labute approximate surface area is 142 Å². The van der Waals surface area contributed by atoms with E-state index in [1.807, 2.05) is 54.6 Å². The Morgan fingerprint density at radius 1 is 1.04 bits per heavy atom. The molecule has 1 aromatic carbocycles. The van der Waals surface area contributed by atoms with Gasteiger partial charge in [0.2, 0.25) is 10.8 Å². The molecule has 6 nitrogen and oxygen atoms in total. The molecule has 118 valence electrons. The molecule has 0 unspecified atom stereocenters. The summed E-state index contributed by atoms with van der Waals surface area (Å²) < 4.78 is 7.07.